The molecule has 0 aliphatic rings. The standard InChI is InChI=1S/C17H28N2O2/c1-5-15(20)12-19(14-10-8-7-9-11-14)13-16(21)18-17(3,4)6-2/h7-11,15,20H,5-6,12-13H2,1-4H3,(H,18,21). The van der Waals surface area contributed by atoms with Gasteiger partial charge in [0.25, 0.3) is 0 Å². The Labute approximate surface area is 128 Å². The highest BCUT2D eigenvalue weighted by atomic mass is 16.3. The van der Waals surface area contributed by atoms with Crippen LogP contribution in [-0.4, -0.2) is 35.7 Å². The Hall–Kier alpha value is -1.55. The van der Waals surface area contributed by atoms with Crippen LogP contribution in [0.2, 0.25) is 0 Å². The minimum absolute atomic E-state index is 0.0194. The largest absolute Gasteiger partial charge is 0.391 e. The van der Waals surface area contributed by atoms with E-state index >= 15 is 0 Å². The summed E-state index contributed by atoms with van der Waals surface area (Å²) in [6.07, 6.45) is 1.12. The van der Waals surface area contributed by atoms with Gasteiger partial charge < -0.3 is 15.3 Å². The maximum Gasteiger partial charge on any atom is 0.239 e. The van der Waals surface area contributed by atoms with Crippen LogP contribution in [0.25, 0.3) is 0 Å². The van der Waals surface area contributed by atoms with E-state index in [0.29, 0.717) is 13.0 Å². The van der Waals surface area contributed by atoms with E-state index < -0.39 is 6.10 Å². The van der Waals surface area contributed by atoms with Crippen molar-refractivity contribution in [1.82, 2.24) is 5.32 Å². The number of rotatable bonds is 8. The Balaban J connectivity index is 2.76. The Morgan fingerprint density at radius 2 is 1.90 bits per heavy atom. The lowest BCUT2D eigenvalue weighted by atomic mass is 10.0. The van der Waals surface area contributed by atoms with Gasteiger partial charge in [0, 0.05) is 17.8 Å². The summed E-state index contributed by atoms with van der Waals surface area (Å²) in [4.78, 5) is 14.2. The minimum Gasteiger partial charge on any atom is -0.391 e. The SMILES string of the molecule is CCC(O)CN(CC(=O)NC(C)(C)CC)c1ccccc1. The number of aliphatic hydroxyl groups is 1. The predicted octanol–water partition coefficient (Wildman–Crippen LogP) is 2.57. The summed E-state index contributed by atoms with van der Waals surface area (Å²) in [6, 6.07) is 9.74. The van der Waals surface area contributed by atoms with Crippen LogP contribution in [0.4, 0.5) is 5.69 Å². The van der Waals surface area contributed by atoms with Gasteiger partial charge in [0.2, 0.25) is 5.91 Å². The average Bonchev–Trinajstić information content (AvgIpc) is 2.46. The van der Waals surface area contributed by atoms with Crippen molar-refractivity contribution in [2.75, 3.05) is 18.0 Å². The van der Waals surface area contributed by atoms with E-state index in [4.69, 9.17) is 0 Å². The van der Waals surface area contributed by atoms with Gasteiger partial charge in [0.05, 0.1) is 12.6 Å². The molecule has 2 N–H and O–H groups in total. The van der Waals surface area contributed by atoms with E-state index in [1.807, 2.05) is 56.0 Å². The van der Waals surface area contributed by atoms with E-state index in [2.05, 4.69) is 12.2 Å². The van der Waals surface area contributed by atoms with Crippen molar-refractivity contribution in [2.24, 2.45) is 0 Å². The molecule has 0 radical (unpaired) electrons. The second-order valence-corrected chi connectivity index (χ2v) is 6.06. The number of carbonyl (C=O) groups excluding carboxylic acids is 1. The zero-order valence-corrected chi connectivity index (χ0v) is 13.6. The van der Waals surface area contributed by atoms with Crippen LogP contribution >= 0.6 is 0 Å². The molecule has 0 spiro atoms. The number of anilines is 1. The summed E-state index contributed by atoms with van der Waals surface area (Å²) in [5.41, 5.74) is 0.748. The molecule has 0 saturated heterocycles. The number of carbonyl (C=O) groups is 1. The Morgan fingerprint density at radius 1 is 1.29 bits per heavy atom. The van der Waals surface area contributed by atoms with Gasteiger partial charge in [-0.3, -0.25) is 4.79 Å². The van der Waals surface area contributed by atoms with Gasteiger partial charge in [-0.25, -0.2) is 0 Å². The third-order valence-corrected chi connectivity index (χ3v) is 3.72. The molecule has 4 heteroatoms. The van der Waals surface area contributed by atoms with E-state index in [9.17, 15) is 9.90 Å². The molecule has 0 aromatic heterocycles. The number of aliphatic hydroxyl groups excluding tert-OH is 1. The minimum atomic E-state index is -0.433. The molecule has 1 amide bonds. The van der Waals surface area contributed by atoms with Crippen molar-refractivity contribution in [3.8, 4) is 0 Å². The summed E-state index contributed by atoms with van der Waals surface area (Å²) in [6.45, 7) is 8.73. The van der Waals surface area contributed by atoms with Gasteiger partial charge in [0.1, 0.15) is 0 Å². The third kappa shape index (κ3) is 6.17. The van der Waals surface area contributed by atoms with Crippen LogP contribution in [0, 0.1) is 0 Å². The smallest absolute Gasteiger partial charge is 0.239 e. The van der Waals surface area contributed by atoms with Gasteiger partial charge in [0.15, 0.2) is 0 Å². The molecule has 0 saturated carbocycles. The third-order valence-electron chi connectivity index (χ3n) is 3.72. The first kappa shape index (κ1) is 17.5. The summed E-state index contributed by atoms with van der Waals surface area (Å²) in [5.74, 6) is -0.0194. The van der Waals surface area contributed by atoms with Gasteiger partial charge in [-0.2, -0.15) is 0 Å². The summed E-state index contributed by atoms with van der Waals surface area (Å²) in [5, 5.41) is 12.9. The van der Waals surface area contributed by atoms with E-state index in [1.165, 1.54) is 0 Å². The molecule has 1 rings (SSSR count). The molecule has 0 bridgehead atoms. The lowest BCUT2D eigenvalue weighted by Gasteiger charge is -2.30. The molecule has 1 aromatic carbocycles. The number of nitrogens with one attached hydrogen (secondary N) is 1. The lowest BCUT2D eigenvalue weighted by Crippen LogP contribution is -2.48. The van der Waals surface area contributed by atoms with Crippen molar-refractivity contribution in [1.29, 1.82) is 0 Å². The molecule has 0 aliphatic carbocycles. The molecule has 0 heterocycles. The maximum absolute atomic E-state index is 12.2. The van der Waals surface area contributed by atoms with E-state index in [1.54, 1.807) is 0 Å². The number of para-hydroxylation sites is 1. The van der Waals surface area contributed by atoms with Crippen molar-refractivity contribution < 1.29 is 9.90 Å². The highest BCUT2D eigenvalue weighted by Gasteiger charge is 2.20. The predicted molar refractivity (Wildman–Crippen MR) is 87.5 cm³/mol. The Morgan fingerprint density at radius 3 is 2.43 bits per heavy atom. The summed E-state index contributed by atoms with van der Waals surface area (Å²) >= 11 is 0. The van der Waals surface area contributed by atoms with Crippen LogP contribution in [0.1, 0.15) is 40.5 Å². The molecular weight excluding hydrogens is 264 g/mol. The first-order valence-electron chi connectivity index (χ1n) is 7.67. The fourth-order valence-corrected chi connectivity index (χ4v) is 1.96. The summed E-state index contributed by atoms with van der Waals surface area (Å²) in [7, 11) is 0. The van der Waals surface area contributed by atoms with E-state index in [-0.39, 0.29) is 18.0 Å². The number of benzene rings is 1. The van der Waals surface area contributed by atoms with Gasteiger partial charge in [-0.15, -0.1) is 0 Å². The molecule has 1 atom stereocenters. The zero-order valence-electron chi connectivity index (χ0n) is 13.6. The van der Waals surface area contributed by atoms with Crippen LogP contribution in [0.15, 0.2) is 30.3 Å². The second-order valence-electron chi connectivity index (χ2n) is 6.06. The molecular formula is C17H28N2O2. The first-order chi connectivity index (χ1) is 9.88. The molecule has 0 fully saturated rings. The molecule has 21 heavy (non-hydrogen) atoms. The second kappa shape index (κ2) is 8.03. The number of amides is 1. The van der Waals surface area contributed by atoms with Crippen molar-refractivity contribution in [3.05, 3.63) is 30.3 Å². The molecule has 1 aromatic rings. The highest BCUT2D eigenvalue weighted by Crippen LogP contribution is 2.15. The van der Waals surface area contributed by atoms with Crippen LogP contribution in [-0.2, 0) is 4.79 Å². The fourth-order valence-electron chi connectivity index (χ4n) is 1.96. The fraction of sp³-hybridized carbons (Fsp3) is 0.588. The molecule has 0 aliphatic heterocycles. The van der Waals surface area contributed by atoms with Crippen molar-refractivity contribution in [3.63, 3.8) is 0 Å². The van der Waals surface area contributed by atoms with Crippen molar-refractivity contribution >= 4 is 11.6 Å². The zero-order chi connectivity index (χ0) is 15.9. The maximum atomic E-state index is 12.2. The van der Waals surface area contributed by atoms with Crippen LogP contribution in [0.5, 0.6) is 0 Å². The van der Waals surface area contributed by atoms with Gasteiger partial charge >= 0.3 is 0 Å². The first-order valence-corrected chi connectivity index (χ1v) is 7.67. The van der Waals surface area contributed by atoms with Gasteiger partial charge in [-0.05, 0) is 38.8 Å². The molecule has 1 unspecified atom stereocenters. The van der Waals surface area contributed by atoms with Gasteiger partial charge in [-0.1, -0.05) is 32.0 Å². The van der Waals surface area contributed by atoms with E-state index in [0.717, 1.165) is 12.1 Å². The lowest BCUT2D eigenvalue weighted by molar-refractivity contribution is -0.121. The highest BCUT2D eigenvalue weighted by molar-refractivity contribution is 5.82. The van der Waals surface area contributed by atoms with Crippen molar-refractivity contribution in [2.45, 2.75) is 52.2 Å². The topological polar surface area (TPSA) is 52.6 Å². The molecule has 4 nitrogen and oxygen atoms in total. The molecule has 118 valence electrons. The number of nitrogens with zero attached hydrogens (tertiary/aromatic N) is 1. The number of hydrogen-bond acceptors (Lipinski definition) is 3. The Kier molecular flexibility index (Phi) is 6.69. The quantitative estimate of drug-likeness (QED) is 0.774. The van der Waals surface area contributed by atoms with Crippen LogP contribution in [0.3, 0.4) is 0 Å². The Bertz CT molecular complexity index is 432. The van der Waals surface area contributed by atoms with Crippen LogP contribution < -0.4 is 10.2 Å². The monoisotopic (exact) mass is 292 g/mol. The average molecular weight is 292 g/mol. The normalized spacial score (nSPS) is 12.8. The number of hydrogen-bond donors (Lipinski definition) is 2. The summed E-state index contributed by atoms with van der Waals surface area (Å²) < 4.78 is 0.